The molecular formula is C19H26F3N3O3. The number of rotatable bonds is 4. The first-order valence-electron chi connectivity index (χ1n) is 9.64. The van der Waals surface area contributed by atoms with Crippen LogP contribution in [-0.4, -0.2) is 50.3 Å². The Balaban J connectivity index is 1.81. The number of alkyl halides is 3. The second-order valence-corrected chi connectivity index (χ2v) is 8.29. The van der Waals surface area contributed by atoms with E-state index in [0.717, 1.165) is 12.8 Å². The van der Waals surface area contributed by atoms with Gasteiger partial charge in [-0.2, -0.15) is 13.2 Å². The molecule has 1 aliphatic heterocycles. The van der Waals surface area contributed by atoms with Crippen LogP contribution in [0.25, 0.3) is 0 Å². The average Bonchev–Trinajstić information content (AvgIpc) is 3.08. The third kappa shape index (κ3) is 4.09. The number of piperidine rings is 1. The van der Waals surface area contributed by atoms with Crippen LogP contribution in [0.5, 0.6) is 0 Å². The number of aliphatic hydroxyl groups is 1. The zero-order valence-electron chi connectivity index (χ0n) is 15.9. The molecule has 9 heteroatoms. The first kappa shape index (κ1) is 20.8. The number of likely N-dealkylation sites (tertiary alicyclic amines) is 1. The van der Waals surface area contributed by atoms with Gasteiger partial charge in [-0.25, -0.2) is 0 Å². The van der Waals surface area contributed by atoms with Crippen molar-refractivity contribution in [3.63, 3.8) is 0 Å². The van der Waals surface area contributed by atoms with Gasteiger partial charge >= 0.3 is 6.18 Å². The first-order valence-corrected chi connectivity index (χ1v) is 9.64. The lowest BCUT2D eigenvalue weighted by atomic mass is 9.65. The summed E-state index contributed by atoms with van der Waals surface area (Å²) in [5, 5.41) is 11.5. The average molecular weight is 401 g/mol. The van der Waals surface area contributed by atoms with Gasteiger partial charge in [-0.3, -0.25) is 14.6 Å². The van der Waals surface area contributed by atoms with Crippen molar-refractivity contribution in [2.45, 2.75) is 63.8 Å². The van der Waals surface area contributed by atoms with Crippen LogP contribution in [0, 0.1) is 11.3 Å². The van der Waals surface area contributed by atoms with Crippen molar-refractivity contribution >= 4 is 5.91 Å². The van der Waals surface area contributed by atoms with Crippen molar-refractivity contribution in [3.8, 4) is 0 Å². The van der Waals surface area contributed by atoms with Crippen LogP contribution in [0.2, 0.25) is 0 Å². The van der Waals surface area contributed by atoms with Crippen molar-refractivity contribution in [1.29, 1.82) is 0 Å². The lowest BCUT2D eigenvalue weighted by molar-refractivity contribution is -0.172. The minimum absolute atomic E-state index is 0.0918. The summed E-state index contributed by atoms with van der Waals surface area (Å²) in [6.07, 6.45) is 2.00. The zero-order chi connectivity index (χ0) is 20.6. The van der Waals surface area contributed by atoms with E-state index in [0.29, 0.717) is 12.8 Å². The minimum atomic E-state index is -4.39. The van der Waals surface area contributed by atoms with Gasteiger partial charge in [-0.1, -0.05) is 19.8 Å². The van der Waals surface area contributed by atoms with E-state index in [1.807, 2.05) is 0 Å². The summed E-state index contributed by atoms with van der Waals surface area (Å²) in [6.45, 7) is 1.80. The lowest BCUT2D eigenvalue weighted by Gasteiger charge is -2.52. The Labute approximate surface area is 161 Å². The number of hydrogen-bond donors (Lipinski definition) is 1. The molecular weight excluding hydrogens is 375 g/mol. The van der Waals surface area contributed by atoms with Crippen LogP contribution >= 0.6 is 0 Å². The topological polar surface area (TPSA) is 75.4 Å². The molecule has 0 aromatic carbocycles. The number of carbonyl (C=O) groups excluding carboxylic acids is 1. The smallest absolute Gasteiger partial charge is 0.387 e. The van der Waals surface area contributed by atoms with Crippen molar-refractivity contribution in [2.24, 2.45) is 11.3 Å². The van der Waals surface area contributed by atoms with Gasteiger partial charge in [-0.15, -0.1) is 0 Å². The third-order valence-corrected chi connectivity index (χ3v) is 6.34. The SMILES string of the molecule is C[C@H](CC(F)(F)F)C(=O)N1CCC(O)(Cn2ccncc2=O)C2(CCCC2)C1. The second-order valence-electron chi connectivity index (χ2n) is 8.29. The molecule has 1 saturated heterocycles. The van der Waals surface area contributed by atoms with Gasteiger partial charge in [-0.05, 0) is 19.3 Å². The summed E-state index contributed by atoms with van der Waals surface area (Å²) < 4.78 is 39.5. The molecule has 3 rings (SSSR count). The minimum Gasteiger partial charge on any atom is -0.387 e. The number of nitrogens with zero attached hydrogens (tertiary/aromatic N) is 3. The summed E-state index contributed by atoms with van der Waals surface area (Å²) in [6, 6.07) is 0. The third-order valence-electron chi connectivity index (χ3n) is 6.34. The largest absolute Gasteiger partial charge is 0.389 e. The molecule has 2 atom stereocenters. The normalized spacial score (nSPS) is 25.8. The Morgan fingerprint density at radius 1 is 1.32 bits per heavy atom. The van der Waals surface area contributed by atoms with E-state index < -0.39 is 35.4 Å². The van der Waals surface area contributed by atoms with Gasteiger partial charge in [0.2, 0.25) is 5.91 Å². The van der Waals surface area contributed by atoms with E-state index in [1.165, 1.54) is 35.0 Å². The van der Waals surface area contributed by atoms with Crippen LogP contribution < -0.4 is 5.56 Å². The van der Waals surface area contributed by atoms with Crippen LogP contribution in [-0.2, 0) is 11.3 Å². The van der Waals surface area contributed by atoms with E-state index in [-0.39, 0.29) is 31.6 Å². The van der Waals surface area contributed by atoms with Crippen molar-refractivity contribution < 1.29 is 23.1 Å². The Kier molecular flexibility index (Phi) is 5.58. The van der Waals surface area contributed by atoms with Gasteiger partial charge in [0.1, 0.15) is 0 Å². The Morgan fingerprint density at radius 2 is 2.00 bits per heavy atom. The highest BCUT2D eigenvalue weighted by Gasteiger charge is 2.56. The van der Waals surface area contributed by atoms with Crippen molar-refractivity contribution in [3.05, 3.63) is 28.9 Å². The number of amides is 1. The Bertz CT molecular complexity index is 773. The first-order chi connectivity index (χ1) is 13.1. The van der Waals surface area contributed by atoms with Gasteiger partial charge < -0.3 is 14.6 Å². The van der Waals surface area contributed by atoms with Gasteiger partial charge in [0.05, 0.1) is 24.8 Å². The van der Waals surface area contributed by atoms with Crippen LogP contribution in [0.15, 0.2) is 23.4 Å². The maximum atomic E-state index is 12.7. The predicted molar refractivity (Wildman–Crippen MR) is 95.4 cm³/mol. The van der Waals surface area contributed by atoms with Gasteiger partial charge in [0.15, 0.2) is 0 Å². The number of aromatic nitrogens is 2. The Morgan fingerprint density at radius 3 is 2.61 bits per heavy atom. The highest BCUT2D eigenvalue weighted by atomic mass is 19.4. The summed E-state index contributed by atoms with van der Waals surface area (Å²) in [5.41, 5.74) is -2.12. The lowest BCUT2D eigenvalue weighted by Crippen LogP contribution is -2.62. The van der Waals surface area contributed by atoms with Crippen molar-refractivity contribution in [2.75, 3.05) is 13.1 Å². The fourth-order valence-electron chi connectivity index (χ4n) is 4.82. The summed E-state index contributed by atoms with van der Waals surface area (Å²) in [5.74, 6) is -1.67. The monoisotopic (exact) mass is 401 g/mol. The molecule has 28 heavy (non-hydrogen) atoms. The summed E-state index contributed by atoms with van der Waals surface area (Å²) >= 11 is 0. The molecule has 1 aromatic heterocycles. The molecule has 1 N–H and O–H groups in total. The molecule has 156 valence electrons. The molecule has 1 saturated carbocycles. The molecule has 6 nitrogen and oxygen atoms in total. The fraction of sp³-hybridized carbons (Fsp3) is 0.737. The van der Waals surface area contributed by atoms with Gasteiger partial charge in [0, 0.05) is 36.8 Å². The summed E-state index contributed by atoms with van der Waals surface area (Å²) in [4.78, 5) is 29.9. The number of carbonyl (C=O) groups is 1. The van der Waals surface area contributed by atoms with E-state index >= 15 is 0 Å². The van der Waals surface area contributed by atoms with E-state index in [2.05, 4.69) is 4.98 Å². The van der Waals surface area contributed by atoms with E-state index in [4.69, 9.17) is 0 Å². The van der Waals surface area contributed by atoms with Crippen LogP contribution in [0.1, 0.15) is 45.4 Å². The quantitative estimate of drug-likeness (QED) is 0.841. The predicted octanol–water partition coefficient (Wildman–Crippen LogP) is 2.36. The highest BCUT2D eigenvalue weighted by molar-refractivity contribution is 5.78. The summed E-state index contributed by atoms with van der Waals surface area (Å²) in [7, 11) is 0. The molecule has 1 spiro atoms. The second kappa shape index (κ2) is 7.50. The zero-order valence-corrected chi connectivity index (χ0v) is 15.9. The molecule has 1 aliphatic carbocycles. The van der Waals surface area contributed by atoms with E-state index in [1.54, 1.807) is 0 Å². The molecule has 0 bridgehead atoms. The molecule has 0 radical (unpaired) electrons. The van der Waals surface area contributed by atoms with Crippen molar-refractivity contribution in [1.82, 2.24) is 14.5 Å². The molecule has 2 aliphatic rings. The highest BCUT2D eigenvalue weighted by Crippen LogP contribution is 2.51. The fourth-order valence-corrected chi connectivity index (χ4v) is 4.82. The maximum Gasteiger partial charge on any atom is 0.389 e. The number of halogens is 3. The van der Waals surface area contributed by atoms with Crippen LogP contribution in [0.3, 0.4) is 0 Å². The van der Waals surface area contributed by atoms with Crippen LogP contribution in [0.4, 0.5) is 13.2 Å². The molecule has 1 aromatic rings. The van der Waals surface area contributed by atoms with E-state index in [9.17, 15) is 27.9 Å². The maximum absolute atomic E-state index is 12.7. The molecule has 1 unspecified atom stereocenters. The number of hydrogen-bond acceptors (Lipinski definition) is 4. The van der Waals surface area contributed by atoms with Gasteiger partial charge in [0.25, 0.3) is 5.56 Å². The Hall–Kier alpha value is -1.90. The molecule has 2 fully saturated rings. The molecule has 2 heterocycles. The standard InChI is InChI=1S/C19H26F3N3O3/c1-14(10-19(20,21)22)16(27)25-8-6-18(28,17(12-25)4-2-3-5-17)13-24-9-7-23-11-15(24)26/h7,9,11,14,28H,2-6,8,10,12-13H2,1H3/t14-,18?/m1/s1. The molecule has 1 amide bonds.